The van der Waals surface area contributed by atoms with E-state index in [4.69, 9.17) is 9.62 Å². The number of aromatic hydroxyl groups is 1. The van der Waals surface area contributed by atoms with Crippen molar-refractivity contribution >= 4 is 61.0 Å². The summed E-state index contributed by atoms with van der Waals surface area (Å²) in [5, 5.41) is 26.2. The zero-order valence-electron chi connectivity index (χ0n) is 20.8. The first-order valence-electron chi connectivity index (χ1n) is 11.3. The molecule has 4 aromatic rings. The van der Waals surface area contributed by atoms with Crippen LogP contribution in [0.2, 0.25) is 0 Å². The molecule has 0 fully saturated rings. The Labute approximate surface area is 239 Å². The number of para-hydroxylation sites is 1. The molecule has 14 nitrogen and oxygen atoms in total. The number of benzene rings is 4. The Balaban J connectivity index is 1.88. The Morgan fingerprint density at radius 1 is 0.927 bits per heavy atom. The fraction of sp³-hybridized carbons (Fsp3) is 0.0833. The quantitative estimate of drug-likeness (QED) is 0.0275. The highest BCUT2D eigenvalue weighted by atomic mass is 32.2. The van der Waals surface area contributed by atoms with Crippen molar-refractivity contribution in [3.63, 3.8) is 0 Å². The van der Waals surface area contributed by atoms with E-state index in [1.807, 2.05) is 0 Å². The Hall–Kier alpha value is -3.97. The zero-order chi connectivity index (χ0) is 29.8. The van der Waals surface area contributed by atoms with Crippen molar-refractivity contribution in [3.8, 4) is 17.2 Å². The van der Waals surface area contributed by atoms with Gasteiger partial charge in [-0.2, -0.15) is 16.8 Å². The molecule has 0 unspecified atom stereocenters. The normalized spacial score (nSPS) is 12.1. The van der Waals surface area contributed by atoms with Crippen LogP contribution in [-0.2, 0) is 29.6 Å². The van der Waals surface area contributed by atoms with Crippen molar-refractivity contribution in [3.05, 3.63) is 72.3 Å². The van der Waals surface area contributed by atoms with E-state index >= 15 is 0 Å². The molecular formula is C24H21N3O11S3. The molecular weight excluding hydrogens is 602 g/mol. The third-order valence-electron chi connectivity index (χ3n) is 5.47. The second-order valence-corrected chi connectivity index (χ2v) is 11.2. The number of ether oxygens (including phenoxy) is 1. The summed E-state index contributed by atoms with van der Waals surface area (Å²) in [6.45, 7) is 1.41. The van der Waals surface area contributed by atoms with Crippen molar-refractivity contribution in [1.29, 1.82) is 0 Å². The zero-order valence-corrected chi connectivity index (χ0v) is 23.4. The number of phenolic OH excluding ortho intramolecular Hbond substituents is 1. The molecule has 41 heavy (non-hydrogen) atoms. The summed E-state index contributed by atoms with van der Waals surface area (Å²) >= 11 is 3.39. The molecule has 17 heteroatoms. The number of nitrogens with zero attached hydrogens (tertiary/aromatic N) is 2. The van der Waals surface area contributed by atoms with Gasteiger partial charge in [0.25, 0.3) is 20.2 Å². The molecule has 0 aliphatic rings. The minimum atomic E-state index is -4.71. The lowest BCUT2D eigenvalue weighted by atomic mass is 10.1. The summed E-state index contributed by atoms with van der Waals surface area (Å²) in [7, 11) is -9.40. The van der Waals surface area contributed by atoms with Crippen LogP contribution in [0.15, 0.2) is 86.7 Å². The number of aryl methyl sites for hydroxylation is 1. The maximum absolute atomic E-state index is 12.0. The van der Waals surface area contributed by atoms with E-state index in [0.717, 1.165) is 12.1 Å². The SMILES string of the molecule is Cc1ccc(N=Nc2c(OOOS)cc3cc(S(=O)(=O)O)cc(NCOc4ccccc4)c3c2O)c(S(=O)(=O)O)c1. The number of nitrogens with one attached hydrogen (secondary N) is 1. The number of anilines is 1. The average molecular weight is 624 g/mol. The number of phenols is 1. The Bertz CT molecular complexity index is 1830. The maximum Gasteiger partial charge on any atom is 0.296 e. The van der Waals surface area contributed by atoms with Gasteiger partial charge in [-0.15, -0.1) is 14.6 Å². The first-order chi connectivity index (χ1) is 19.4. The van der Waals surface area contributed by atoms with E-state index in [1.54, 1.807) is 37.3 Å². The molecule has 0 atom stereocenters. The van der Waals surface area contributed by atoms with Crippen molar-refractivity contribution in [2.75, 3.05) is 12.0 Å². The van der Waals surface area contributed by atoms with Gasteiger partial charge < -0.3 is 20.0 Å². The minimum absolute atomic E-state index is 0.00752. The van der Waals surface area contributed by atoms with E-state index in [-0.39, 0.29) is 34.6 Å². The smallest absolute Gasteiger partial charge is 0.296 e. The fourth-order valence-corrected chi connectivity index (χ4v) is 4.97. The second kappa shape index (κ2) is 12.3. The van der Waals surface area contributed by atoms with Crippen LogP contribution in [0.3, 0.4) is 0 Å². The fourth-order valence-electron chi connectivity index (χ4n) is 3.69. The molecule has 0 saturated heterocycles. The maximum atomic E-state index is 12.0. The van der Waals surface area contributed by atoms with Crippen molar-refractivity contribution < 1.29 is 50.0 Å². The molecule has 216 valence electrons. The Morgan fingerprint density at radius 3 is 2.32 bits per heavy atom. The summed E-state index contributed by atoms with van der Waals surface area (Å²) < 4.78 is 76.7. The minimum Gasteiger partial charge on any atom is -0.505 e. The van der Waals surface area contributed by atoms with Gasteiger partial charge in [0, 0.05) is 24.0 Å². The number of rotatable bonds is 11. The molecule has 4 aromatic carbocycles. The Kier molecular flexibility index (Phi) is 8.98. The predicted octanol–water partition coefficient (Wildman–Crippen LogP) is 5.30. The highest BCUT2D eigenvalue weighted by Gasteiger charge is 2.23. The molecule has 0 radical (unpaired) electrons. The highest BCUT2D eigenvalue weighted by Crippen LogP contribution is 2.47. The van der Waals surface area contributed by atoms with Crippen molar-refractivity contribution in [2.24, 2.45) is 10.2 Å². The van der Waals surface area contributed by atoms with Gasteiger partial charge in [-0.25, -0.2) is 0 Å². The topological polar surface area (TPSA) is 203 Å². The monoisotopic (exact) mass is 623 g/mol. The van der Waals surface area contributed by atoms with E-state index in [1.165, 1.54) is 24.3 Å². The highest BCUT2D eigenvalue weighted by molar-refractivity contribution is 7.86. The van der Waals surface area contributed by atoms with Crippen molar-refractivity contribution in [2.45, 2.75) is 16.7 Å². The van der Waals surface area contributed by atoms with Gasteiger partial charge in [-0.05, 0) is 65.4 Å². The van der Waals surface area contributed by atoms with Crippen LogP contribution in [-0.4, -0.2) is 37.8 Å². The molecule has 0 saturated carbocycles. The number of hydrogen-bond acceptors (Lipinski definition) is 13. The lowest BCUT2D eigenvalue weighted by Gasteiger charge is -2.16. The van der Waals surface area contributed by atoms with Gasteiger partial charge in [-0.1, -0.05) is 24.3 Å². The average Bonchev–Trinajstić information content (AvgIpc) is 2.91. The van der Waals surface area contributed by atoms with Crippen LogP contribution in [0.4, 0.5) is 17.1 Å². The van der Waals surface area contributed by atoms with Crippen LogP contribution < -0.4 is 14.9 Å². The first-order valence-corrected chi connectivity index (χ1v) is 14.5. The van der Waals surface area contributed by atoms with E-state index in [2.05, 4.69) is 37.8 Å². The van der Waals surface area contributed by atoms with Gasteiger partial charge in [0.2, 0.25) is 5.75 Å². The third kappa shape index (κ3) is 7.22. The molecule has 0 aliphatic carbocycles. The van der Waals surface area contributed by atoms with Crippen LogP contribution >= 0.6 is 12.9 Å². The molecule has 0 spiro atoms. The van der Waals surface area contributed by atoms with Gasteiger partial charge in [0.15, 0.2) is 18.2 Å². The van der Waals surface area contributed by atoms with Gasteiger partial charge in [0.1, 0.15) is 16.3 Å². The number of hydrogen-bond donors (Lipinski definition) is 5. The summed E-state index contributed by atoms with van der Waals surface area (Å²) in [5.74, 6) is -0.526. The number of azo groups is 1. The number of fused-ring (bicyclic) bond motifs is 1. The van der Waals surface area contributed by atoms with E-state index in [0.29, 0.717) is 11.3 Å². The third-order valence-corrected chi connectivity index (χ3v) is 7.25. The lowest BCUT2D eigenvalue weighted by molar-refractivity contribution is -0.402. The predicted molar refractivity (Wildman–Crippen MR) is 148 cm³/mol. The van der Waals surface area contributed by atoms with Gasteiger partial charge in [-0.3, -0.25) is 9.11 Å². The van der Waals surface area contributed by atoms with Crippen LogP contribution in [0.1, 0.15) is 5.56 Å². The number of thiol groups is 1. The standard InChI is InChI=1S/C24H21N3O11S3/c1-14-7-8-18(21(9-14)41(32,33)34)26-27-23-20(36-37-38-39)11-15-10-17(40(29,30)31)12-19(22(15)24(23)28)25-13-35-16-5-3-2-4-6-16/h2-12,25,28,39H,13H2,1H3,(H,29,30,31)(H,32,33,34). The molecule has 0 amide bonds. The van der Waals surface area contributed by atoms with Gasteiger partial charge >= 0.3 is 0 Å². The Morgan fingerprint density at radius 2 is 1.66 bits per heavy atom. The molecule has 0 aliphatic heterocycles. The summed E-state index contributed by atoms with van der Waals surface area (Å²) in [5.41, 5.74) is -0.189. The molecule has 0 bridgehead atoms. The largest absolute Gasteiger partial charge is 0.505 e. The first kappa shape index (κ1) is 30.0. The molecule has 0 heterocycles. The van der Waals surface area contributed by atoms with Crippen LogP contribution in [0.5, 0.6) is 17.2 Å². The van der Waals surface area contributed by atoms with E-state index in [9.17, 15) is 31.0 Å². The van der Waals surface area contributed by atoms with Crippen LogP contribution in [0, 0.1) is 6.92 Å². The summed E-state index contributed by atoms with van der Waals surface area (Å²) in [6.07, 6.45) is 0. The lowest BCUT2D eigenvalue weighted by Crippen LogP contribution is -2.10. The summed E-state index contributed by atoms with van der Waals surface area (Å²) in [4.78, 5) is 3.87. The van der Waals surface area contributed by atoms with E-state index < -0.39 is 41.5 Å². The van der Waals surface area contributed by atoms with Crippen LogP contribution in [0.25, 0.3) is 10.8 Å². The summed E-state index contributed by atoms with van der Waals surface area (Å²) in [6, 6.07) is 15.9. The molecule has 4 rings (SSSR count). The molecule has 0 aromatic heterocycles. The second-order valence-electron chi connectivity index (χ2n) is 8.27. The molecule has 4 N–H and O–H groups in total. The van der Waals surface area contributed by atoms with Crippen molar-refractivity contribution in [1.82, 2.24) is 0 Å². The van der Waals surface area contributed by atoms with Gasteiger partial charge in [0.05, 0.1) is 4.90 Å².